The zero-order chi connectivity index (χ0) is 14.9. The van der Waals surface area contributed by atoms with E-state index in [1.54, 1.807) is 31.2 Å². The van der Waals surface area contributed by atoms with Gasteiger partial charge in [-0.2, -0.15) is 4.39 Å². The Balaban J connectivity index is 2.53. The van der Waals surface area contributed by atoms with Gasteiger partial charge in [0.25, 0.3) is 5.56 Å². The molecule has 1 aromatic heterocycles. The molecule has 1 unspecified atom stereocenters. The summed E-state index contributed by atoms with van der Waals surface area (Å²) in [5.74, 6) is -0.531. The van der Waals surface area contributed by atoms with E-state index in [2.05, 4.69) is 4.98 Å². The maximum absolute atomic E-state index is 13.5. The Labute approximate surface area is 118 Å². The lowest BCUT2D eigenvalue weighted by molar-refractivity contribution is 0.414. The summed E-state index contributed by atoms with van der Waals surface area (Å²) in [5, 5.41) is -0.585. The van der Waals surface area contributed by atoms with Crippen LogP contribution in [-0.4, -0.2) is 16.7 Å². The summed E-state index contributed by atoms with van der Waals surface area (Å²) in [7, 11) is 1.53. The van der Waals surface area contributed by atoms with Crippen LogP contribution in [0.1, 0.15) is 18.5 Å². The Morgan fingerprint density at radius 1 is 1.30 bits per heavy atom. The number of aromatic amines is 1. The number of benzene rings is 1. The third-order valence-electron chi connectivity index (χ3n) is 3.02. The summed E-state index contributed by atoms with van der Waals surface area (Å²) >= 11 is 5.42. The Morgan fingerprint density at radius 3 is 2.45 bits per heavy atom. The van der Waals surface area contributed by atoms with Crippen molar-refractivity contribution in [1.82, 2.24) is 9.55 Å². The van der Waals surface area contributed by atoms with Crippen LogP contribution in [-0.2, 0) is 0 Å². The van der Waals surface area contributed by atoms with Crippen LogP contribution < -0.4 is 16.0 Å². The molecule has 20 heavy (non-hydrogen) atoms. The molecule has 2 rings (SSSR count). The number of rotatable bonds is 3. The fourth-order valence-corrected chi connectivity index (χ4v) is 2.05. The molecule has 0 amide bonds. The number of hydrogen-bond acceptors (Lipinski definition) is 3. The van der Waals surface area contributed by atoms with E-state index in [1.165, 1.54) is 7.11 Å². The average molecular weight is 299 g/mol. The molecule has 0 saturated carbocycles. The van der Waals surface area contributed by atoms with E-state index in [-0.39, 0.29) is 0 Å². The van der Waals surface area contributed by atoms with Crippen molar-refractivity contribution >= 4 is 11.6 Å². The van der Waals surface area contributed by atoms with E-state index >= 15 is 0 Å². The minimum absolute atomic E-state index is 0.585. The third kappa shape index (κ3) is 2.46. The van der Waals surface area contributed by atoms with E-state index < -0.39 is 28.3 Å². The molecule has 5 nitrogen and oxygen atoms in total. The van der Waals surface area contributed by atoms with Gasteiger partial charge in [-0.3, -0.25) is 14.3 Å². The zero-order valence-corrected chi connectivity index (χ0v) is 11.6. The Hall–Kier alpha value is -2.08. The third-order valence-corrected chi connectivity index (χ3v) is 3.28. The van der Waals surface area contributed by atoms with Crippen molar-refractivity contribution < 1.29 is 9.13 Å². The fraction of sp³-hybridized carbons (Fsp3) is 0.231. The molecule has 7 heteroatoms. The van der Waals surface area contributed by atoms with E-state index in [4.69, 9.17) is 16.3 Å². The van der Waals surface area contributed by atoms with Crippen molar-refractivity contribution in [3.05, 3.63) is 61.6 Å². The molecule has 106 valence electrons. The van der Waals surface area contributed by atoms with Crippen molar-refractivity contribution in [2.45, 2.75) is 13.0 Å². The molecule has 0 saturated heterocycles. The highest BCUT2D eigenvalue weighted by atomic mass is 35.5. The largest absolute Gasteiger partial charge is 0.497 e. The first-order valence-electron chi connectivity index (χ1n) is 5.79. The molecule has 1 atom stereocenters. The number of H-pyrrole nitrogens is 1. The summed E-state index contributed by atoms with van der Waals surface area (Å²) in [6.07, 6.45) is 0. The van der Waals surface area contributed by atoms with Crippen LogP contribution >= 0.6 is 11.6 Å². The molecule has 0 spiro atoms. The standard InChI is InChI=1S/C13H12ClFN2O3/c1-7(8-3-5-9(20-2)6-4-8)17-12(18)10(15)11(14)16-13(17)19/h3-7H,1-2H3,(H,16,19). The highest BCUT2D eigenvalue weighted by Crippen LogP contribution is 2.19. The molecule has 2 aromatic rings. The van der Waals surface area contributed by atoms with Gasteiger partial charge in [0.15, 0.2) is 5.15 Å². The number of aromatic nitrogens is 2. The second-order valence-electron chi connectivity index (χ2n) is 4.18. The minimum atomic E-state index is -1.17. The number of nitrogens with zero attached hydrogens (tertiary/aromatic N) is 1. The summed E-state index contributed by atoms with van der Waals surface area (Å²) in [4.78, 5) is 25.7. The van der Waals surface area contributed by atoms with Crippen molar-refractivity contribution in [1.29, 1.82) is 0 Å². The van der Waals surface area contributed by atoms with Gasteiger partial charge < -0.3 is 4.74 Å². The quantitative estimate of drug-likeness (QED) is 0.881. The molecule has 0 aliphatic rings. The van der Waals surface area contributed by atoms with E-state index in [1.807, 2.05) is 0 Å². The number of ether oxygens (including phenoxy) is 1. The van der Waals surface area contributed by atoms with Gasteiger partial charge in [0.05, 0.1) is 13.2 Å². The first-order chi connectivity index (χ1) is 9.45. The second-order valence-corrected chi connectivity index (χ2v) is 4.56. The van der Waals surface area contributed by atoms with Crippen LogP contribution in [0, 0.1) is 5.82 Å². The van der Waals surface area contributed by atoms with Crippen molar-refractivity contribution in [3.63, 3.8) is 0 Å². The predicted molar refractivity (Wildman–Crippen MR) is 73.1 cm³/mol. The molecule has 1 N–H and O–H groups in total. The molecule has 1 heterocycles. The first-order valence-corrected chi connectivity index (χ1v) is 6.17. The molecule has 0 fully saturated rings. The molecule has 0 aliphatic heterocycles. The van der Waals surface area contributed by atoms with Crippen LogP contribution in [0.3, 0.4) is 0 Å². The van der Waals surface area contributed by atoms with Gasteiger partial charge in [0.2, 0.25) is 5.82 Å². The zero-order valence-electron chi connectivity index (χ0n) is 10.8. The van der Waals surface area contributed by atoms with Crippen molar-refractivity contribution in [2.24, 2.45) is 0 Å². The van der Waals surface area contributed by atoms with Gasteiger partial charge >= 0.3 is 5.69 Å². The highest BCUT2D eigenvalue weighted by Gasteiger charge is 2.18. The Bertz CT molecular complexity index is 737. The maximum Gasteiger partial charge on any atom is 0.330 e. The Kier molecular flexibility index (Phi) is 3.94. The van der Waals surface area contributed by atoms with Gasteiger partial charge in [-0.25, -0.2) is 4.79 Å². The van der Waals surface area contributed by atoms with E-state index in [9.17, 15) is 14.0 Å². The maximum atomic E-state index is 13.5. The molecule has 0 aliphatic carbocycles. The SMILES string of the molecule is COc1ccc(C(C)n2c(=O)[nH]c(Cl)c(F)c2=O)cc1. The van der Waals surface area contributed by atoms with Gasteiger partial charge in [-0.1, -0.05) is 23.7 Å². The number of hydrogen-bond donors (Lipinski definition) is 1. The van der Waals surface area contributed by atoms with Crippen molar-refractivity contribution in [2.75, 3.05) is 7.11 Å². The topological polar surface area (TPSA) is 64.1 Å². The number of halogens is 2. The lowest BCUT2D eigenvalue weighted by Crippen LogP contribution is -2.39. The summed E-state index contributed by atoms with van der Waals surface area (Å²) in [5.41, 5.74) is -1.15. The number of nitrogens with one attached hydrogen (secondary N) is 1. The first kappa shape index (κ1) is 14.3. The molecule has 0 radical (unpaired) electrons. The smallest absolute Gasteiger partial charge is 0.330 e. The lowest BCUT2D eigenvalue weighted by atomic mass is 10.1. The van der Waals surface area contributed by atoms with Crippen LogP contribution in [0.5, 0.6) is 5.75 Å². The summed E-state index contributed by atoms with van der Waals surface area (Å²) < 4.78 is 19.3. The fourth-order valence-electron chi connectivity index (χ4n) is 1.88. The average Bonchev–Trinajstić information content (AvgIpc) is 2.45. The molecular formula is C13H12ClFN2O3. The van der Waals surface area contributed by atoms with E-state index in [0.29, 0.717) is 11.3 Å². The van der Waals surface area contributed by atoms with Crippen molar-refractivity contribution in [3.8, 4) is 5.75 Å². The van der Waals surface area contributed by atoms with Gasteiger partial charge in [-0.05, 0) is 24.6 Å². The molecule has 0 bridgehead atoms. The van der Waals surface area contributed by atoms with Gasteiger partial charge in [-0.15, -0.1) is 0 Å². The highest BCUT2D eigenvalue weighted by molar-refractivity contribution is 6.29. The van der Waals surface area contributed by atoms with Crippen LogP contribution in [0.25, 0.3) is 0 Å². The minimum Gasteiger partial charge on any atom is -0.497 e. The van der Waals surface area contributed by atoms with Crippen LogP contribution in [0.15, 0.2) is 33.9 Å². The summed E-state index contributed by atoms with van der Waals surface area (Å²) in [6.45, 7) is 1.62. The van der Waals surface area contributed by atoms with Crippen LogP contribution in [0.4, 0.5) is 4.39 Å². The van der Waals surface area contributed by atoms with Crippen LogP contribution in [0.2, 0.25) is 5.15 Å². The van der Waals surface area contributed by atoms with E-state index in [0.717, 1.165) is 4.57 Å². The predicted octanol–water partition coefficient (Wildman–Crippen LogP) is 1.95. The molecule has 1 aromatic carbocycles. The number of methoxy groups -OCH3 is 1. The summed E-state index contributed by atoms with van der Waals surface area (Å²) in [6, 6.07) is 6.14. The normalized spacial score (nSPS) is 12.2. The monoisotopic (exact) mass is 298 g/mol. The van der Waals surface area contributed by atoms with Gasteiger partial charge in [0, 0.05) is 0 Å². The molecular weight excluding hydrogens is 287 g/mol. The van der Waals surface area contributed by atoms with Gasteiger partial charge in [0.1, 0.15) is 5.75 Å². The Morgan fingerprint density at radius 2 is 1.90 bits per heavy atom. The lowest BCUT2D eigenvalue weighted by Gasteiger charge is -2.15. The second kappa shape index (κ2) is 5.50.